The molecule has 2 aromatic carbocycles. The number of hydrogen-bond acceptors (Lipinski definition) is 4. The molecule has 144 valence electrons. The Morgan fingerprint density at radius 1 is 1.21 bits per heavy atom. The number of halogens is 1. The lowest BCUT2D eigenvalue weighted by Crippen LogP contribution is -2.47. The molecule has 4 rings (SSSR count). The van der Waals surface area contributed by atoms with Crippen LogP contribution in [0.4, 0.5) is 4.39 Å². The number of furan rings is 1. The summed E-state index contributed by atoms with van der Waals surface area (Å²) in [5, 5.41) is 6.61. The average molecular weight is 398 g/mol. The first kappa shape index (κ1) is 18.6. The molecule has 3 aromatic rings. The van der Waals surface area contributed by atoms with Crippen molar-refractivity contribution in [3.63, 3.8) is 0 Å². The Balaban J connectivity index is 1.56. The number of rotatable bonds is 5. The predicted octanol–water partition coefficient (Wildman–Crippen LogP) is 3.87. The van der Waals surface area contributed by atoms with Crippen molar-refractivity contribution in [2.24, 2.45) is 0 Å². The summed E-state index contributed by atoms with van der Waals surface area (Å²) >= 11 is 1.52. The standard InChI is InChI=1S/C21H19FN2O3S/c22-13-5-8-15(9-6-13)28-12-17-16-3-1-2-4-18(16)27-20(17)21(26)24-14-7-10-19(25)23-11-14/h1-6,8-9,14H,7,10-12H2,(H,23,25)(H,24,26)/t14-/m1/s1. The van der Waals surface area contributed by atoms with Crippen LogP contribution in [0.3, 0.4) is 0 Å². The fourth-order valence-corrected chi connectivity index (χ4v) is 4.14. The van der Waals surface area contributed by atoms with Gasteiger partial charge in [0.15, 0.2) is 5.76 Å². The molecule has 1 saturated heterocycles. The van der Waals surface area contributed by atoms with Gasteiger partial charge in [0.05, 0.1) is 0 Å². The minimum Gasteiger partial charge on any atom is -0.451 e. The summed E-state index contributed by atoms with van der Waals surface area (Å²) in [6.45, 7) is 0.421. The van der Waals surface area contributed by atoms with Gasteiger partial charge in [-0.3, -0.25) is 9.59 Å². The molecule has 1 aliphatic heterocycles. The van der Waals surface area contributed by atoms with Crippen LogP contribution in [0.25, 0.3) is 11.0 Å². The second-order valence-electron chi connectivity index (χ2n) is 6.66. The zero-order chi connectivity index (χ0) is 19.5. The summed E-state index contributed by atoms with van der Waals surface area (Å²) in [5.41, 5.74) is 1.46. The molecule has 2 heterocycles. The highest BCUT2D eigenvalue weighted by molar-refractivity contribution is 7.98. The van der Waals surface area contributed by atoms with Gasteiger partial charge >= 0.3 is 0 Å². The summed E-state index contributed by atoms with van der Waals surface area (Å²) in [4.78, 5) is 25.1. The molecular weight excluding hydrogens is 379 g/mol. The van der Waals surface area contributed by atoms with E-state index < -0.39 is 0 Å². The summed E-state index contributed by atoms with van der Waals surface area (Å²) in [5.74, 6) is 0.246. The second-order valence-corrected chi connectivity index (χ2v) is 7.71. The molecule has 2 N–H and O–H groups in total. The van der Waals surface area contributed by atoms with E-state index in [1.807, 2.05) is 24.3 Å². The lowest BCUT2D eigenvalue weighted by Gasteiger charge is -2.23. The molecular formula is C21H19FN2O3S. The first-order valence-corrected chi connectivity index (χ1v) is 10.0. The van der Waals surface area contributed by atoms with Crippen molar-refractivity contribution in [1.82, 2.24) is 10.6 Å². The number of thioether (sulfide) groups is 1. The molecule has 0 spiro atoms. The maximum atomic E-state index is 13.1. The van der Waals surface area contributed by atoms with Crippen molar-refractivity contribution >= 4 is 34.5 Å². The van der Waals surface area contributed by atoms with Crippen LogP contribution in [0.5, 0.6) is 0 Å². The van der Waals surface area contributed by atoms with Crippen LogP contribution >= 0.6 is 11.8 Å². The molecule has 0 saturated carbocycles. The second kappa shape index (κ2) is 8.06. The van der Waals surface area contributed by atoms with E-state index in [1.54, 1.807) is 12.1 Å². The molecule has 2 amide bonds. The van der Waals surface area contributed by atoms with Gasteiger partial charge < -0.3 is 15.1 Å². The normalized spacial score (nSPS) is 16.8. The van der Waals surface area contributed by atoms with E-state index in [1.165, 1.54) is 23.9 Å². The maximum absolute atomic E-state index is 13.1. The van der Waals surface area contributed by atoms with Crippen LogP contribution in [0.15, 0.2) is 57.8 Å². The van der Waals surface area contributed by atoms with Crippen molar-refractivity contribution in [2.45, 2.75) is 29.5 Å². The minimum absolute atomic E-state index is 0.00521. The number of para-hydroxylation sites is 1. The summed E-state index contributed by atoms with van der Waals surface area (Å²) < 4.78 is 19.0. The van der Waals surface area contributed by atoms with Gasteiger partial charge in [0.2, 0.25) is 5.91 Å². The van der Waals surface area contributed by atoms with Crippen molar-refractivity contribution in [2.75, 3.05) is 6.54 Å². The summed E-state index contributed by atoms with van der Waals surface area (Å²) in [7, 11) is 0. The molecule has 1 atom stereocenters. The third kappa shape index (κ3) is 4.04. The summed E-state index contributed by atoms with van der Waals surface area (Å²) in [6.07, 6.45) is 1.01. The first-order valence-electron chi connectivity index (χ1n) is 9.06. The first-order chi connectivity index (χ1) is 13.6. The number of fused-ring (bicyclic) bond motifs is 1. The predicted molar refractivity (Wildman–Crippen MR) is 106 cm³/mol. The number of amides is 2. The average Bonchev–Trinajstić information content (AvgIpc) is 3.08. The van der Waals surface area contributed by atoms with Crippen LogP contribution in [-0.2, 0) is 10.5 Å². The van der Waals surface area contributed by atoms with Gasteiger partial charge in [0, 0.05) is 40.6 Å². The van der Waals surface area contributed by atoms with E-state index in [2.05, 4.69) is 10.6 Å². The Kier molecular flexibility index (Phi) is 5.34. The lowest BCUT2D eigenvalue weighted by molar-refractivity contribution is -0.122. The number of carbonyl (C=O) groups excluding carboxylic acids is 2. The Morgan fingerprint density at radius 3 is 2.75 bits per heavy atom. The van der Waals surface area contributed by atoms with Crippen molar-refractivity contribution < 1.29 is 18.4 Å². The van der Waals surface area contributed by atoms with Crippen molar-refractivity contribution in [3.8, 4) is 0 Å². The van der Waals surface area contributed by atoms with Crippen molar-refractivity contribution in [1.29, 1.82) is 0 Å². The molecule has 0 aliphatic carbocycles. The fraction of sp³-hybridized carbons (Fsp3) is 0.238. The minimum atomic E-state index is -0.285. The van der Waals surface area contributed by atoms with Crippen LogP contribution in [-0.4, -0.2) is 24.4 Å². The Labute approximate surface area is 165 Å². The molecule has 0 radical (unpaired) electrons. The maximum Gasteiger partial charge on any atom is 0.287 e. The van der Waals surface area contributed by atoms with Crippen LogP contribution in [0.1, 0.15) is 29.0 Å². The van der Waals surface area contributed by atoms with E-state index in [-0.39, 0.29) is 29.4 Å². The molecule has 0 unspecified atom stereocenters. The van der Waals surface area contributed by atoms with Gasteiger partial charge in [-0.1, -0.05) is 18.2 Å². The molecule has 28 heavy (non-hydrogen) atoms. The van der Waals surface area contributed by atoms with Crippen LogP contribution < -0.4 is 10.6 Å². The number of nitrogens with one attached hydrogen (secondary N) is 2. The zero-order valence-electron chi connectivity index (χ0n) is 15.0. The molecule has 1 aliphatic rings. The van der Waals surface area contributed by atoms with Crippen LogP contribution in [0, 0.1) is 5.82 Å². The van der Waals surface area contributed by atoms with E-state index in [0.717, 1.165) is 15.8 Å². The van der Waals surface area contributed by atoms with Gasteiger partial charge in [-0.25, -0.2) is 4.39 Å². The quantitative estimate of drug-likeness (QED) is 0.640. The van der Waals surface area contributed by atoms with E-state index in [9.17, 15) is 14.0 Å². The molecule has 1 fully saturated rings. The number of benzene rings is 2. The Morgan fingerprint density at radius 2 is 2.00 bits per heavy atom. The van der Waals surface area contributed by atoms with E-state index in [0.29, 0.717) is 30.7 Å². The zero-order valence-corrected chi connectivity index (χ0v) is 15.9. The largest absolute Gasteiger partial charge is 0.451 e. The van der Waals surface area contributed by atoms with Gasteiger partial charge in [-0.2, -0.15) is 0 Å². The van der Waals surface area contributed by atoms with Crippen LogP contribution in [0.2, 0.25) is 0 Å². The number of carbonyl (C=O) groups is 2. The summed E-state index contributed by atoms with van der Waals surface area (Å²) in [6, 6.07) is 13.7. The number of piperidine rings is 1. The van der Waals surface area contributed by atoms with Gasteiger partial charge in [0.25, 0.3) is 5.91 Å². The monoisotopic (exact) mass is 398 g/mol. The third-order valence-electron chi connectivity index (χ3n) is 4.70. The number of hydrogen-bond donors (Lipinski definition) is 2. The van der Waals surface area contributed by atoms with Crippen molar-refractivity contribution in [3.05, 3.63) is 65.7 Å². The highest BCUT2D eigenvalue weighted by Gasteiger charge is 2.25. The molecule has 0 bridgehead atoms. The fourth-order valence-electron chi connectivity index (χ4n) is 3.22. The Hall–Kier alpha value is -2.80. The highest BCUT2D eigenvalue weighted by atomic mass is 32.2. The van der Waals surface area contributed by atoms with Gasteiger partial charge in [-0.05, 0) is 36.8 Å². The lowest BCUT2D eigenvalue weighted by atomic mass is 10.1. The topological polar surface area (TPSA) is 71.3 Å². The van der Waals surface area contributed by atoms with Gasteiger partial charge in [-0.15, -0.1) is 11.8 Å². The van der Waals surface area contributed by atoms with E-state index in [4.69, 9.17) is 4.42 Å². The van der Waals surface area contributed by atoms with E-state index >= 15 is 0 Å². The molecule has 5 nitrogen and oxygen atoms in total. The van der Waals surface area contributed by atoms with Gasteiger partial charge in [0.1, 0.15) is 11.4 Å². The molecule has 1 aromatic heterocycles. The Bertz CT molecular complexity index is 1010. The highest BCUT2D eigenvalue weighted by Crippen LogP contribution is 2.32. The smallest absolute Gasteiger partial charge is 0.287 e. The SMILES string of the molecule is O=C1CC[C@@H](NC(=O)c2oc3ccccc3c2CSc2ccc(F)cc2)CN1. The third-order valence-corrected chi connectivity index (χ3v) is 5.74. The molecule has 7 heteroatoms.